The molecule has 4 heteroatoms. The standard InChI is InChI=1S/C14H24N4/c1-3-16-13-8-14(10-15-9-13)17-12-6-5-7-18(4-2)11-12/h8-10,12,16-17H,3-7,11H2,1-2H3. The Hall–Kier alpha value is -1.29. The van der Waals surface area contributed by atoms with Crippen molar-refractivity contribution in [3.63, 3.8) is 0 Å². The number of anilines is 2. The first kappa shape index (κ1) is 13.1. The van der Waals surface area contributed by atoms with Crippen LogP contribution in [0, 0.1) is 0 Å². The number of nitrogens with one attached hydrogen (secondary N) is 2. The van der Waals surface area contributed by atoms with Crippen LogP contribution in [0.3, 0.4) is 0 Å². The summed E-state index contributed by atoms with van der Waals surface area (Å²) in [6.45, 7) is 8.79. The van der Waals surface area contributed by atoms with Crippen molar-refractivity contribution in [3.8, 4) is 0 Å². The number of pyridine rings is 1. The summed E-state index contributed by atoms with van der Waals surface area (Å²) in [5, 5.41) is 6.89. The van der Waals surface area contributed by atoms with E-state index in [1.54, 1.807) is 0 Å². The molecular formula is C14H24N4. The molecule has 1 aromatic rings. The molecule has 1 aliphatic rings. The molecule has 1 aromatic heterocycles. The Kier molecular flexibility index (Phi) is 4.81. The lowest BCUT2D eigenvalue weighted by Crippen LogP contribution is -2.41. The van der Waals surface area contributed by atoms with Gasteiger partial charge in [-0.05, 0) is 38.9 Å². The number of aromatic nitrogens is 1. The lowest BCUT2D eigenvalue weighted by Gasteiger charge is -2.32. The lowest BCUT2D eigenvalue weighted by atomic mass is 10.1. The zero-order valence-electron chi connectivity index (χ0n) is 11.4. The topological polar surface area (TPSA) is 40.2 Å². The second kappa shape index (κ2) is 6.59. The van der Waals surface area contributed by atoms with Gasteiger partial charge in [0.15, 0.2) is 0 Å². The van der Waals surface area contributed by atoms with Gasteiger partial charge in [0, 0.05) is 19.1 Å². The Morgan fingerprint density at radius 1 is 1.33 bits per heavy atom. The van der Waals surface area contributed by atoms with E-state index in [9.17, 15) is 0 Å². The van der Waals surface area contributed by atoms with E-state index >= 15 is 0 Å². The van der Waals surface area contributed by atoms with Gasteiger partial charge in [-0.2, -0.15) is 0 Å². The first-order chi connectivity index (χ1) is 8.81. The van der Waals surface area contributed by atoms with E-state index in [1.165, 1.54) is 19.4 Å². The van der Waals surface area contributed by atoms with E-state index in [2.05, 4.69) is 40.4 Å². The molecule has 18 heavy (non-hydrogen) atoms. The average Bonchev–Trinajstić information content (AvgIpc) is 2.40. The second-order valence-electron chi connectivity index (χ2n) is 4.87. The van der Waals surface area contributed by atoms with Gasteiger partial charge in [-0.25, -0.2) is 0 Å². The van der Waals surface area contributed by atoms with E-state index in [0.717, 1.165) is 31.0 Å². The van der Waals surface area contributed by atoms with Gasteiger partial charge < -0.3 is 15.5 Å². The fourth-order valence-corrected chi connectivity index (χ4v) is 2.52. The maximum atomic E-state index is 4.27. The summed E-state index contributed by atoms with van der Waals surface area (Å²) < 4.78 is 0. The molecule has 100 valence electrons. The third-order valence-corrected chi connectivity index (χ3v) is 3.44. The minimum Gasteiger partial charge on any atom is -0.384 e. The van der Waals surface area contributed by atoms with Crippen molar-refractivity contribution in [3.05, 3.63) is 18.5 Å². The Morgan fingerprint density at radius 2 is 2.17 bits per heavy atom. The van der Waals surface area contributed by atoms with Crippen LogP contribution in [-0.2, 0) is 0 Å². The molecule has 1 fully saturated rings. The van der Waals surface area contributed by atoms with Crippen LogP contribution in [0.5, 0.6) is 0 Å². The summed E-state index contributed by atoms with van der Waals surface area (Å²) in [7, 11) is 0. The smallest absolute Gasteiger partial charge is 0.0550 e. The molecule has 0 bridgehead atoms. The SMILES string of the molecule is CCNc1cncc(NC2CCCN(CC)C2)c1. The van der Waals surface area contributed by atoms with Crippen molar-refractivity contribution in [2.24, 2.45) is 0 Å². The molecule has 1 aliphatic heterocycles. The van der Waals surface area contributed by atoms with Crippen LogP contribution < -0.4 is 10.6 Å². The summed E-state index contributed by atoms with van der Waals surface area (Å²) in [6.07, 6.45) is 6.31. The number of likely N-dealkylation sites (tertiary alicyclic amines) is 1. The maximum Gasteiger partial charge on any atom is 0.0550 e. The highest BCUT2D eigenvalue weighted by molar-refractivity contribution is 5.54. The summed E-state index contributed by atoms with van der Waals surface area (Å²) in [5.74, 6) is 0. The number of piperidine rings is 1. The second-order valence-corrected chi connectivity index (χ2v) is 4.87. The number of likely N-dealkylation sites (N-methyl/N-ethyl adjacent to an activating group) is 1. The molecule has 0 amide bonds. The van der Waals surface area contributed by atoms with E-state index in [0.29, 0.717) is 6.04 Å². The quantitative estimate of drug-likeness (QED) is 0.839. The molecule has 1 unspecified atom stereocenters. The molecule has 0 saturated carbocycles. The summed E-state index contributed by atoms with van der Waals surface area (Å²) >= 11 is 0. The summed E-state index contributed by atoms with van der Waals surface area (Å²) in [6, 6.07) is 2.69. The predicted octanol–water partition coefficient (Wildman–Crippen LogP) is 2.41. The van der Waals surface area contributed by atoms with Crippen molar-refractivity contribution in [1.82, 2.24) is 9.88 Å². The van der Waals surface area contributed by atoms with Crippen molar-refractivity contribution >= 4 is 11.4 Å². The van der Waals surface area contributed by atoms with E-state index in [4.69, 9.17) is 0 Å². The highest BCUT2D eigenvalue weighted by Crippen LogP contribution is 2.18. The van der Waals surface area contributed by atoms with Crippen LogP contribution >= 0.6 is 0 Å². The van der Waals surface area contributed by atoms with Gasteiger partial charge in [0.25, 0.3) is 0 Å². The number of hydrogen-bond acceptors (Lipinski definition) is 4. The van der Waals surface area contributed by atoms with Crippen molar-refractivity contribution in [2.75, 3.05) is 36.8 Å². The van der Waals surface area contributed by atoms with Gasteiger partial charge >= 0.3 is 0 Å². The van der Waals surface area contributed by atoms with Gasteiger partial charge in [-0.15, -0.1) is 0 Å². The first-order valence-electron chi connectivity index (χ1n) is 6.99. The molecule has 1 atom stereocenters. The molecule has 0 spiro atoms. The molecular weight excluding hydrogens is 224 g/mol. The minimum absolute atomic E-state index is 0.553. The maximum absolute atomic E-state index is 4.27. The third-order valence-electron chi connectivity index (χ3n) is 3.44. The van der Waals surface area contributed by atoms with Crippen molar-refractivity contribution in [2.45, 2.75) is 32.7 Å². The van der Waals surface area contributed by atoms with Gasteiger partial charge in [-0.1, -0.05) is 6.92 Å². The highest BCUT2D eigenvalue weighted by Gasteiger charge is 2.18. The fourth-order valence-electron chi connectivity index (χ4n) is 2.52. The van der Waals surface area contributed by atoms with E-state index < -0.39 is 0 Å². The zero-order chi connectivity index (χ0) is 12.8. The monoisotopic (exact) mass is 248 g/mol. The Balaban J connectivity index is 1.93. The normalized spacial score (nSPS) is 20.7. The molecule has 0 aliphatic carbocycles. The molecule has 1 saturated heterocycles. The number of nitrogens with zero attached hydrogens (tertiary/aromatic N) is 2. The van der Waals surface area contributed by atoms with Crippen LogP contribution in [0.2, 0.25) is 0 Å². The van der Waals surface area contributed by atoms with Crippen LogP contribution in [0.4, 0.5) is 11.4 Å². The van der Waals surface area contributed by atoms with Crippen molar-refractivity contribution in [1.29, 1.82) is 0 Å². The van der Waals surface area contributed by atoms with Crippen LogP contribution in [-0.4, -0.2) is 42.1 Å². The summed E-state index contributed by atoms with van der Waals surface area (Å²) in [5.41, 5.74) is 2.21. The predicted molar refractivity (Wildman–Crippen MR) is 77.2 cm³/mol. The third kappa shape index (κ3) is 3.60. The Labute approximate surface area is 110 Å². The first-order valence-corrected chi connectivity index (χ1v) is 6.99. The highest BCUT2D eigenvalue weighted by atomic mass is 15.2. The zero-order valence-corrected chi connectivity index (χ0v) is 11.4. The van der Waals surface area contributed by atoms with Gasteiger partial charge in [-0.3, -0.25) is 4.98 Å². The Morgan fingerprint density at radius 3 is 2.94 bits per heavy atom. The molecule has 4 nitrogen and oxygen atoms in total. The molecule has 0 aromatic carbocycles. The number of rotatable bonds is 5. The van der Waals surface area contributed by atoms with Crippen LogP contribution in [0.15, 0.2) is 18.5 Å². The van der Waals surface area contributed by atoms with Gasteiger partial charge in [0.1, 0.15) is 0 Å². The van der Waals surface area contributed by atoms with E-state index in [1.807, 2.05) is 12.4 Å². The lowest BCUT2D eigenvalue weighted by molar-refractivity contribution is 0.227. The Bertz CT molecular complexity index is 367. The van der Waals surface area contributed by atoms with Crippen LogP contribution in [0.1, 0.15) is 26.7 Å². The minimum atomic E-state index is 0.553. The molecule has 2 N–H and O–H groups in total. The van der Waals surface area contributed by atoms with Crippen molar-refractivity contribution < 1.29 is 0 Å². The van der Waals surface area contributed by atoms with Crippen LogP contribution in [0.25, 0.3) is 0 Å². The van der Waals surface area contributed by atoms with Gasteiger partial charge in [0.2, 0.25) is 0 Å². The molecule has 0 radical (unpaired) electrons. The average molecular weight is 248 g/mol. The summed E-state index contributed by atoms with van der Waals surface area (Å²) in [4.78, 5) is 6.77. The molecule has 2 rings (SSSR count). The fraction of sp³-hybridized carbons (Fsp3) is 0.643. The van der Waals surface area contributed by atoms with Gasteiger partial charge in [0.05, 0.1) is 23.8 Å². The van der Waals surface area contributed by atoms with E-state index in [-0.39, 0.29) is 0 Å². The number of hydrogen-bond donors (Lipinski definition) is 2. The molecule has 2 heterocycles. The largest absolute Gasteiger partial charge is 0.384 e.